The maximum absolute atomic E-state index is 12.4. The summed E-state index contributed by atoms with van der Waals surface area (Å²) in [6.07, 6.45) is 3.60. The number of para-hydroxylation sites is 2. The van der Waals surface area contributed by atoms with E-state index in [1.807, 2.05) is 42.2 Å². The zero-order valence-corrected chi connectivity index (χ0v) is 14.4. The Hall–Kier alpha value is -0.920. The molecule has 1 aliphatic heterocycles. The van der Waals surface area contributed by atoms with Crippen molar-refractivity contribution in [2.45, 2.75) is 5.25 Å². The smallest absolute Gasteiger partial charge is 0.238 e. The van der Waals surface area contributed by atoms with Crippen LogP contribution >= 0.6 is 39.5 Å². The van der Waals surface area contributed by atoms with Crippen molar-refractivity contribution < 1.29 is 4.79 Å². The molecule has 1 unspecified atom stereocenters. The first kappa shape index (κ1) is 15.0. The van der Waals surface area contributed by atoms with Gasteiger partial charge in [-0.1, -0.05) is 12.1 Å². The molecule has 2 heterocycles. The number of nitrogens with one attached hydrogen (secondary N) is 1. The predicted octanol–water partition coefficient (Wildman–Crippen LogP) is 3.42. The number of thioether (sulfide) groups is 2. The number of benzene rings is 1. The first-order chi connectivity index (χ1) is 10.2. The summed E-state index contributed by atoms with van der Waals surface area (Å²) in [6.45, 7) is 0. The van der Waals surface area contributed by atoms with E-state index in [4.69, 9.17) is 0 Å². The predicted molar refractivity (Wildman–Crippen MR) is 93.5 cm³/mol. The summed E-state index contributed by atoms with van der Waals surface area (Å²) < 4.78 is 2.66. The summed E-state index contributed by atoms with van der Waals surface area (Å²) in [5, 5.41) is 7.34. The van der Waals surface area contributed by atoms with Crippen LogP contribution in [0.5, 0.6) is 0 Å². The van der Waals surface area contributed by atoms with Crippen LogP contribution in [0.2, 0.25) is 0 Å². The number of rotatable bonds is 3. The van der Waals surface area contributed by atoms with Gasteiger partial charge >= 0.3 is 0 Å². The Kier molecular flexibility index (Phi) is 4.92. The molecule has 21 heavy (non-hydrogen) atoms. The summed E-state index contributed by atoms with van der Waals surface area (Å²) in [5.74, 6) is 3.13. The van der Waals surface area contributed by atoms with E-state index in [0.29, 0.717) is 0 Å². The molecule has 0 spiro atoms. The number of hydrogen-bond donors (Lipinski definition) is 1. The van der Waals surface area contributed by atoms with E-state index in [0.717, 1.165) is 33.1 Å². The Morgan fingerprint density at radius 3 is 2.95 bits per heavy atom. The minimum Gasteiger partial charge on any atom is -0.323 e. The molecule has 3 rings (SSSR count). The second kappa shape index (κ2) is 6.89. The van der Waals surface area contributed by atoms with Gasteiger partial charge in [0.15, 0.2) is 0 Å². The lowest BCUT2D eigenvalue weighted by atomic mass is 10.2. The minimum atomic E-state index is 0.0289. The van der Waals surface area contributed by atoms with Gasteiger partial charge in [-0.15, -0.1) is 11.8 Å². The fourth-order valence-electron chi connectivity index (χ4n) is 2.06. The molecular weight excluding hydrogens is 370 g/mol. The monoisotopic (exact) mass is 383 g/mol. The summed E-state index contributed by atoms with van der Waals surface area (Å²) in [5.41, 5.74) is 1.65. The highest BCUT2D eigenvalue weighted by molar-refractivity contribution is 9.10. The third-order valence-electron chi connectivity index (χ3n) is 3.07. The summed E-state index contributed by atoms with van der Waals surface area (Å²) in [4.78, 5) is 12.4. The molecule has 0 saturated carbocycles. The highest BCUT2D eigenvalue weighted by Gasteiger charge is 2.23. The fraction of sp³-hybridized carbons (Fsp3) is 0.286. The Morgan fingerprint density at radius 1 is 1.38 bits per heavy atom. The summed E-state index contributed by atoms with van der Waals surface area (Å²) in [6, 6.07) is 7.70. The average molecular weight is 384 g/mol. The van der Waals surface area contributed by atoms with Gasteiger partial charge in [0, 0.05) is 23.5 Å². The molecule has 1 atom stereocenters. The molecule has 1 amide bonds. The zero-order chi connectivity index (χ0) is 14.7. The van der Waals surface area contributed by atoms with Gasteiger partial charge in [-0.05, 0) is 28.1 Å². The zero-order valence-electron chi connectivity index (χ0n) is 11.2. The lowest BCUT2D eigenvalue weighted by Gasteiger charge is -2.21. The van der Waals surface area contributed by atoms with Crippen LogP contribution < -0.4 is 5.32 Å². The van der Waals surface area contributed by atoms with Crippen molar-refractivity contribution in [1.29, 1.82) is 0 Å². The van der Waals surface area contributed by atoms with Gasteiger partial charge in [0.1, 0.15) is 0 Å². The van der Waals surface area contributed by atoms with E-state index < -0.39 is 0 Å². The van der Waals surface area contributed by atoms with Crippen LogP contribution in [0.25, 0.3) is 5.69 Å². The minimum absolute atomic E-state index is 0.0289. The molecule has 0 bridgehead atoms. The Balaban J connectivity index is 1.80. The molecule has 0 aliphatic carbocycles. The standard InChI is InChI=1S/C14H14BrN3OS2/c15-10-7-16-18(8-10)12-4-2-1-3-11(12)17-14(19)13-9-20-5-6-21-13/h1-4,7-8,13H,5-6,9H2,(H,17,19). The molecule has 7 heteroatoms. The fourth-order valence-corrected chi connectivity index (χ4v) is 4.91. The topological polar surface area (TPSA) is 46.9 Å². The van der Waals surface area contributed by atoms with E-state index in [9.17, 15) is 4.79 Å². The van der Waals surface area contributed by atoms with Crippen LogP contribution in [0.3, 0.4) is 0 Å². The van der Waals surface area contributed by atoms with Crippen LogP contribution in [0, 0.1) is 0 Å². The largest absolute Gasteiger partial charge is 0.323 e. The van der Waals surface area contributed by atoms with Crippen molar-refractivity contribution in [2.75, 3.05) is 22.6 Å². The third kappa shape index (κ3) is 3.64. The number of nitrogens with zero attached hydrogens (tertiary/aromatic N) is 2. The molecule has 1 aromatic carbocycles. The number of hydrogen-bond acceptors (Lipinski definition) is 4. The molecule has 2 aromatic rings. The van der Waals surface area contributed by atoms with E-state index in [-0.39, 0.29) is 11.2 Å². The van der Waals surface area contributed by atoms with Crippen LogP contribution in [0.15, 0.2) is 41.1 Å². The van der Waals surface area contributed by atoms with Crippen molar-refractivity contribution in [3.63, 3.8) is 0 Å². The lowest BCUT2D eigenvalue weighted by Crippen LogP contribution is -2.30. The van der Waals surface area contributed by atoms with Crippen LogP contribution in [0.1, 0.15) is 0 Å². The first-order valence-corrected chi connectivity index (χ1v) is 9.53. The van der Waals surface area contributed by atoms with E-state index >= 15 is 0 Å². The van der Waals surface area contributed by atoms with E-state index in [1.54, 1.807) is 22.6 Å². The molecule has 1 saturated heterocycles. The van der Waals surface area contributed by atoms with Crippen molar-refractivity contribution in [2.24, 2.45) is 0 Å². The SMILES string of the molecule is O=C(Nc1ccccc1-n1cc(Br)cn1)C1CSCCS1. The average Bonchev–Trinajstić information content (AvgIpc) is 2.95. The van der Waals surface area contributed by atoms with E-state index in [2.05, 4.69) is 26.3 Å². The second-order valence-electron chi connectivity index (χ2n) is 4.54. The first-order valence-electron chi connectivity index (χ1n) is 6.54. The number of halogens is 1. The maximum atomic E-state index is 12.4. The summed E-state index contributed by atoms with van der Waals surface area (Å²) >= 11 is 6.96. The Morgan fingerprint density at radius 2 is 2.24 bits per heavy atom. The number of aromatic nitrogens is 2. The molecular formula is C14H14BrN3OS2. The van der Waals surface area contributed by atoms with Gasteiger partial charge in [0.05, 0.1) is 27.3 Å². The molecule has 1 aliphatic rings. The summed E-state index contributed by atoms with van der Waals surface area (Å²) in [7, 11) is 0. The quantitative estimate of drug-likeness (QED) is 0.881. The van der Waals surface area contributed by atoms with Gasteiger partial charge in [-0.25, -0.2) is 4.68 Å². The highest BCUT2D eigenvalue weighted by atomic mass is 79.9. The Bertz CT molecular complexity index is 641. The van der Waals surface area contributed by atoms with Crippen LogP contribution in [0.4, 0.5) is 5.69 Å². The lowest BCUT2D eigenvalue weighted by molar-refractivity contribution is -0.115. The number of anilines is 1. The van der Waals surface area contributed by atoms with Crippen molar-refractivity contribution in [3.05, 3.63) is 41.1 Å². The van der Waals surface area contributed by atoms with E-state index in [1.165, 1.54) is 0 Å². The molecule has 110 valence electrons. The van der Waals surface area contributed by atoms with Crippen LogP contribution in [-0.2, 0) is 4.79 Å². The van der Waals surface area contributed by atoms with Gasteiger partial charge in [-0.2, -0.15) is 16.9 Å². The molecule has 4 nitrogen and oxygen atoms in total. The third-order valence-corrected chi connectivity index (χ3v) is 6.23. The van der Waals surface area contributed by atoms with Gasteiger partial charge < -0.3 is 5.32 Å². The van der Waals surface area contributed by atoms with Gasteiger partial charge in [0.2, 0.25) is 5.91 Å². The normalized spacial score (nSPS) is 18.4. The van der Waals surface area contributed by atoms with Crippen LogP contribution in [-0.4, -0.2) is 38.2 Å². The number of carbonyl (C=O) groups excluding carboxylic acids is 1. The molecule has 1 N–H and O–H groups in total. The van der Waals surface area contributed by atoms with Crippen molar-refractivity contribution >= 4 is 51.0 Å². The van der Waals surface area contributed by atoms with Crippen molar-refractivity contribution in [1.82, 2.24) is 9.78 Å². The van der Waals surface area contributed by atoms with Crippen molar-refractivity contribution in [3.8, 4) is 5.69 Å². The molecule has 0 radical (unpaired) electrons. The van der Waals surface area contributed by atoms with Gasteiger partial charge in [-0.3, -0.25) is 4.79 Å². The number of carbonyl (C=O) groups is 1. The molecule has 1 fully saturated rings. The second-order valence-corrected chi connectivity index (χ2v) is 7.92. The highest BCUT2D eigenvalue weighted by Crippen LogP contribution is 2.27. The van der Waals surface area contributed by atoms with Gasteiger partial charge in [0.25, 0.3) is 0 Å². The Labute approximate surface area is 140 Å². The molecule has 1 aromatic heterocycles. The maximum Gasteiger partial charge on any atom is 0.238 e. The number of amides is 1.